The fraction of sp³-hybridized carbons (Fsp3) is 0.250. The molecule has 1 aromatic heterocycles. The van der Waals surface area contributed by atoms with E-state index in [1.54, 1.807) is 45.2 Å². The molecule has 0 radical (unpaired) electrons. The molecule has 0 spiro atoms. The highest BCUT2D eigenvalue weighted by molar-refractivity contribution is 8.22. The minimum Gasteiger partial charge on any atom is -0.443 e. The molecule has 3 N–H and O–H groups in total. The first kappa shape index (κ1) is 18.9. The Balaban J connectivity index is 1.86. The lowest BCUT2D eigenvalue weighted by Gasteiger charge is -2.27. The fourth-order valence-corrected chi connectivity index (χ4v) is 4.58. The Morgan fingerprint density at radius 3 is 2.68 bits per heavy atom. The SMILES string of the molecule is CC(C)(C)OC(=O)n1cc(-c2ccc3c(c2)CNS3(O)O)c2ccc(F)cc21. The Kier molecular flexibility index (Phi) is 4.27. The van der Waals surface area contributed by atoms with Crippen molar-refractivity contribution in [3.8, 4) is 11.1 Å². The molecule has 0 bridgehead atoms. The van der Waals surface area contributed by atoms with Crippen LogP contribution < -0.4 is 4.72 Å². The third-order valence-corrected chi connectivity index (χ3v) is 6.06. The minimum atomic E-state index is -2.96. The number of halogens is 1. The van der Waals surface area contributed by atoms with Gasteiger partial charge in [0.15, 0.2) is 0 Å². The van der Waals surface area contributed by atoms with Crippen LogP contribution in [0.5, 0.6) is 0 Å². The van der Waals surface area contributed by atoms with E-state index in [2.05, 4.69) is 4.72 Å². The van der Waals surface area contributed by atoms with Gasteiger partial charge >= 0.3 is 6.09 Å². The number of benzene rings is 2. The van der Waals surface area contributed by atoms with Gasteiger partial charge in [0.25, 0.3) is 0 Å². The number of carbonyl (C=O) groups is 1. The summed E-state index contributed by atoms with van der Waals surface area (Å²) in [7, 11) is -2.96. The molecule has 1 aliphatic rings. The lowest BCUT2D eigenvalue weighted by Crippen LogP contribution is -2.26. The average molecular weight is 404 g/mol. The second kappa shape index (κ2) is 6.31. The molecule has 2 aromatic carbocycles. The van der Waals surface area contributed by atoms with Crippen molar-refractivity contribution in [1.82, 2.24) is 9.29 Å². The average Bonchev–Trinajstić information content (AvgIpc) is 3.11. The Bertz CT molecular complexity index is 1100. The summed E-state index contributed by atoms with van der Waals surface area (Å²) >= 11 is 0. The number of nitrogens with zero attached hydrogens (tertiary/aromatic N) is 1. The highest BCUT2D eigenvalue weighted by Crippen LogP contribution is 2.51. The third-order valence-electron chi connectivity index (χ3n) is 4.50. The lowest BCUT2D eigenvalue weighted by molar-refractivity contribution is 0.0544. The molecule has 0 aliphatic carbocycles. The number of hydrogen-bond donors (Lipinski definition) is 3. The van der Waals surface area contributed by atoms with E-state index in [4.69, 9.17) is 4.74 Å². The predicted molar refractivity (Wildman–Crippen MR) is 107 cm³/mol. The van der Waals surface area contributed by atoms with E-state index in [-0.39, 0.29) is 0 Å². The molecule has 3 aromatic rings. The van der Waals surface area contributed by atoms with Gasteiger partial charge in [0, 0.05) is 23.7 Å². The van der Waals surface area contributed by atoms with Crippen molar-refractivity contribution >= 4 is 27.8 Å². The molecule has 0 fully saturated rings. The maximum atomic E-state index is 13.9. The highest BCUT2D eigenvalue weighted by Gasteiger charge is 2.27. The monoisotopic (exact) mass is 404 g/mol. The van der Waals surface area contributed by atoms with Crippen LogP contribution in [0, 0.1) is 5.82 Å². The van der Waals surface area contributed by atoms with E-state index >= 15 is 0 Å². The number of hydrogen-bond acceptors (Lipinski definition) is 5. The van der Waals surface area contributed by atoms with Crippen LogP contribution in [0.2, 0.25) is 0 Å². The lowest BCUT2D eigenvalue weighted by atomic mass is 10.0. The Morgan fingerprint density at radius 1 is 1.21 bits per heavy atom. The summed E-state index contributed by atoms with van der Waals surface area (Å²) in [5.41, 5.74) is 2.02. The Morgan fingerprint density at radius 2 is 1.96 bits per heavy atom. The van der Waals surface area contributed by atoms with Crippen LogP contribution in [0.15, 0.2) is 47.5 Å². The number of nitrogens with one attached hydrogen (secondary N) is 1. The second-order valence-corrected chi connectivity index (χ2v) is 9.57. The zero-order valence-electron chi connectivity index (χ0n) is 15.7. The Hall–Kier alpha value is -2.39. The Labute approximate surface area is 163 Å². The molecule has 8 heteroatoms. The van der Waals surface area contributed by atoms with Gasteiger partial charge in [-0.15, -0.1) is 10.8 Å². The predicted octanol–water partition coefficient (Wildman–Crippen LogP) is 5.36. The molecule has 0 amide bonds. The van der Waals surface area contributed by atoms with E-state index in [1.807, 2.05) is 6.07 Å². The largest absolute Gasteiger partial charge is 0.443 e. The normalized spacial score (nSPS) is 16.8. The molecule has 0 saturated carbocycles. The van der Waals surface area contributed by atoms with Crippen LogP contribution in [0.25, 0.3) is 22.0 Å². The molecular formula is C20H21FN2O4S. The summed E-state index contributed by atoms with van der Waals surface area (Å²) < 4.78 is 43.4. The number of fused-ring (bicyclic) bond motifs is 2. The molecule has 4 rings (SSSR count). The smallest absolute Gasteiger partial charge is 0.419 e. The second-order valence-electron chi connectivity index (χ2n) is 7.75. The summed E-state index contributed by atoms with van der Waals surface area (Å²) in [6, 6.07) is 9.55. The van der Waals surface area contributed by atoms with Gasteiger partial charge < -0.3 is 4.74 Å². The minimum absolute atomic E-state index is 0.338. The molecular weight excluding hydrogens is 383 g/mol. The number of rotatable bonds is 1. The van der Waals surface area contributed by atoms with Gasteiger partial charge in [0.05, 0.1) is 10.4 Å². The van der Waals surface area contributed by atoms with Crippen molar-refractivity contribution < 1.29 is 23.0 Å². The standard InChI is InChI=1S/C20H21FN2O4S/c1-20(2,3)27-19(24)23-11-16(15-6-5-14(21)9-17(15)23)12-4-7-18-13(8-12)10-22-28(18,25)26/h4-9,11,22,25-26H,10H2,1-3H3. The molecule has 1 aliphatic heterocycles. The molecule has 0 atom stereocenters. The van der Waals surface area contributed by atoms with Gasteiger partial charge in [-0.25, -0.2) is 13.9 Å². The summed E-state index contributed by atoms with van der Waals surface area (Å²) in [6.45, 7) is 5.64. The molecule has 0 unspecified atom stereocenters. The maximum absolute atomic E-state index is 13.9. The van der Waals surface area contributed by atoms with E-state index < -0.39 is 28.3 Å². The van der Waals surface area contributed by atoms with E-state index in [1.165, 1.54) is 16.7 Å². The van der Waals surface area contributed by atoms with Crippen molar-refractivity contribution in [3.63, 3.8) is 0 Å². The summed E-state index contributed by atoms with van der Waals surface area (Å²) in [5, 5.41) is 0.699. The number of carbonyl (C=O) groups excluding carboxylic acids is 1. The van der Waals surface area contributed by atoms with Crippen LogP contribution in [0.4, 0.5) is 9.18 Å². The van der Waals surface area contributed by atoms with Gasteiger partial charge in [-0.2, -0.15) is 0 Å². The first-order valence-corrected chi connectivity index (χ1v) is 10.3. The zero-order chi connectivity index (χ0) is 20.3. The van der Waals surface area contributed by atoms with Crippen molar-refractivity contribution in [3.05, 3.63) is 54.0 Å². The van der Waals surface area contributed by atoms with Crippen LogP contribution >= 0.6 is 10.8 Å². The highest BCUT2D eigenvalue weighted by atomic mass is 32.3. The molecule has 6 nitrogen and oxygen atoms in total. The van der Waals surface area contributed by atoms with Crippen molar-refractivity contribution in [1.29, 1.82) is 0 Å². The van der Waals surface area contributed by atoms with Crippen LogP contribution in [-0.2, 0) is 11.3 Å². The quantitative estimate of drug-likeness (QED) is 0.509. The first-order valence-electron chi connectivity index (χ1n) is 8.75. The summed E-state index contributed by atoms with van der Waals surface area (Å²) in [6.07, 6.45) is 1.03. The zero-order valence-corrected chi connectivity index (χ0v) is 16.5. The number of aromatic nitrogens is 1. The van der Waals surface area contributed by atoms with Gasteiger partial charge in [0.1, 0.15) is 11.4 Å². The van der Waals surface area contributed by atoms with E-state index in [0.717, 1.165) is 16.7 Å². The molecule has 28 heavy (non-hydrogen) atoms. The molecule has 0 saturated heterocycles. The van der Waals surface area contributed by atoms with E-state index in [0.29, 0.717) is 22.3 Å². The van der Waals surface area contributed by atoms with Gasteiger partial charge in [-0.3, -0.25) is 13.7 Å². The fourth-order valence-electron chi connectivity index (χ4n) is 3.31. The van der Waals surface area contributed by atoms with Gasteiger partial charge in [-0.1, -0.05) is 6.07 Å². The van der Waals surface area contributed by atoms with Crippen molar-refractivity contribution in [2.45, 2.75) is 37.8 Å². The summed E-state index contributed by atoms with van der Waals surface area (Å²) in [5.74, 6) is -0.450. The summed E-state index contributed by atoms with van der Waals surface area (Å²) in [4.78, 5) is 13.1. The van der Waals surface area contributed by atoms with Crippen LogP contribution in [-0.4, -0.2) is 25.4 Å². The van der Waals surface area contributed by atoms with Gasteiger partial charge in [-0.05, 0) is 62.2 Å². The first-order chi connectivity index (χ1) is 13.0. The third kappa shape index (κ3) is 3.29. The van der Waals surface area contributed by atoms with Crippen LogP contribution in [0.1, 0.15) is 26.3 Å². The van der Waals surface area contributed by atoms with Crippen molar-refractivity contribution in [2.75, 3.05) is 0 Å². The number of ether oxygens (including phenoxy) is 1. The molecule has 148 valence electrons. The van der Waals surface area contributed by atoms with Crippen molar-refractivity contribution in [2.24, 2.45) is 0 Å². The van der Waals surface area contributed by atoms with E-state index in [9.17, 15) is 18.3 Å². The molecule has 2 heterocycles. The van der Waals surface area contributed by atoms with Gasteiger partial charge in [0.2, 0.25) is 0 Å². The topological polar surface area (TPSA) is 83.7 Å². The maximum Gasteiger partial charge on any atom is 0.419 e. The van der Waals surface area contributed by atoms with Crippen LogP contribution in [0.3, 0.4) is 0 Å².